The molecule has 254 valence electrons. The zero-order chi connectivity index (χ0) is 34.2. The highest BCUT2D eigenvalue weighted by Gasteiger charge is 2.28. The SMILES string of the molecule is Cc1ccc(Nc2c(-c3ccc(F)cc3)nc3n2CCN(CCN2CCn4c(nc(-c5ccc(F)cc5)c4Nc4ccc(C)cc4)C2)C3)cc1. The van der Waals surface area contributed by atoms with Gasteiger partial charge in [-0.3, -0.25) is 9.80 Å². The summed E-state index contributed by atoms with van der Waals surface area (Å²) < 4.78 is 32.2. The van der Waals surface area contributed by atoms with Crippen LogP contribution in [0.5, 0.6) is 0 Å². The van der Waals surface area contributed by atoms with Crippen molar-refractivity contribution < 1.29 is 8.78 Å². The Bertz CT molecular complexity index is 1950. The van der Waals surface area contributed by atoms with Gasteiger partial charge in [0.05, 0.1) is 13.1 Å². The lowest BCUT2D eigenvalue weighted by Gasteiger charge is -2.33. The average molecular weight is 671 g/mol. The van der Waals surface area contributed by atoms with Crippen LogP contribution in [0.25, 0.3) is 22.5 Å². The van der Waals surface area contributed by atoms with E-state index in [-0.39, 0.29) is 11.6 Å². The Hall–Kier alpha value is -5.32. The van der Waals surface area contributed by atoms with Gasteiger partial charge in [-0.25, -0.2) is 18.7 Å². The lowest BCUT2D eigenvalue weighted by molar-refractivity contribution is 0.155. The largest absolute Gasteiger partial charge is 0.340 e. The van der Waals surface area contributed by atoms with Gasteiger partial charge in [-0.1, -0.05) is 35.4 Å². The minimum absolute atomic E-state index is 0.262. The number of hydrogen-bond acceptors (Lipinski definition) is 6. The highest BCUT2D eigenvalue weighted by atomic mass is 19.1. The second-order valence-corrected chi connectivity index (χ2v) is 13.3. The van der Waals surface area contributed by atoms with Gasteiger partial charge < -0.3 is 19.8 Å². The van der Waals surface area contributed by atoms with E-state index in [1.54, 1.807) is 24.3 Å². The van der Waals surface area contributed by atoms with Crippen molar-refractivity contribution in [3.8, 4) is 22.5 Å². The van der Waals surface area contributed by atoms with Gasteiger partial charge in [-0.15, -0.1) is 0 Å². The second-order valence-electron chi connectivity index (χ2n) is 13.3. The fourth-order valence-electron chi connectivity index (χ4n) is 6.85. The van der Waals surface area contributed by atoms with Crippen molar-refractivity contribution in [2.45, 2.75) is 40.0 Å². The fraction of sp³-hybridized carbons (Fsp3) is 0.250. The third-order valence-electron chi connectivity index (χ3n) is 9.70. The molecule has 6 aromatic rings. The molecule has 0 saturated carbocycles. The van der Waals surface area contributed by atoms with E-state index in [2.05, 4.69) is 91.9 Å². The summed E-state index contributed by atoms with van der Waals surface area (Å²) in [6.07, 6.45) is 0. The molecule has 0 atom stereocenters. The van der Waals surface area contributed by atoms with Crippen molar-refractivity contribution in [2.24, 2.45) is 0 Å². The molecule has 0 spiro atoms. The molecule has 2 aliphatic heterocycles. The monoisotopic (exact) mass is 670 g/mol. The molecule has 4 aromatic carbocycles. The highest BCUT2D eigenvalue weighted by molar-refractivity contribution is 5.78. The molecule has 50 heavy (non-hydrogen) atoms. The Morgan fingerprint density at radius 1 is 0.520 bits per heavy atom. The summed E-state index contributed by atoms with van der Waals surface area (Å²) in [6.45, 7) is 10.8. The molecule has 2 N–H and O–H groups in total. The Kier molecular flexibility index (Phi) is 8.64. The third kappa shape index (κ3) is 6.64. The number of benzene rings is 4. The molecule has 0 fully saturated rings. The Morgan fingerprint density at radius 3 is 1.28 bits per heavy atom. The van der Waals surface area contributed by atoms with Gasteiger partial charge in [0.2, 0.25) is 0 Å². The highest BCUT2D eigenvalue weighted by Crippen LogP contribution is 2.35. The van der Waals surface area contributed by atoms with Gasteiger partial charge in [-0.05, 0) is 86.6 Å². The van der Waals surface area contributed by atoms with E-state index in [9.17, 15) is 8.78 Å². The predicted molar refractivity (Wildman–Crippen MR) is 195 cm³/mol. The van der Waals surface area contributed by atoms with E-state index in [1.807, 2.05) is 0 Å². The van der Waals surface area contributed by atoms with Crippen LogP contribution in [-0.2, 0) is 26.2 Å². The molecule has 2 aromatic heterocycles. The lowest BCUT2D eigenvalue weighted by Crippen LogP contribution is -2.42. The maximum Gasteiger partial charge on any atom is 0.138 e. The summed E-state index contributed by atoms with van der Waals surface area (Å²) in [7, 11) is 0. The number of nitrogens with zero attached hydrogens (tertiary/aromatic N) is 6. The maximum atomic E-state index is 13.8. The number of anilines is 4. The van der Waals surface area contributed by atoms with E-state index in [1.165, 1.54) is 35.4 Å². The summed E-state index contributed by atoms with van der Waals surface area (Å²) in [4.78, 5) is 15.1. The summed E-state index contributed by atoms with van der Waals surface area (Å²) in [5, 5.41) is 7.23. The lowest BCUT2D eigenvalue weighted by atomic mass is 10.1. The number of nitrogens with one attached hydrogen (secondary N) is 2. The zero-order valence-electron chi connectivity index (χ0n) is 28.3. The second kappa shape index (κ2) is 13.5. The van der Waals surface area contributed by atoms with E-state index >= 15 is 0 Å². The number of halogens is 2. The number of aryl methyl sites for hydroxylation is 2. The molecule has 4 heterocycles. The third-order valence-corrected chi connectivity index (χ3v) is 9.70. The molecule has 0 aliphatic carbocycles. The molecule has 0 saturated heterocycles. The van der Waals surface area contributed by atoms with E-state index in [0.717, 1.165) is 110 Å². The summed E-state index contributed by atoms with van der Waals surface area (Å²) >= 11 is 0. The van der Waals surface area contributed by atoms with Crippen LogP contribution in [0.1, 0.15) is 22.8 Å². The fourth-order valence-corrected chi connectivity index (χ4v) is 6.85. The minimum Gasteiger partial charge on any atom is -0.340 e. The first-order valence-electron chi connectivity index (χ1n) is 17.2. The van der Waals surface area contributed by atoms with Crippen LogP contribution >= 0.6 is 0 Å². The normalized spacial score (nSPS) is 14.7. The molecular formula is C40H40F2N8. The van der Waals surface area contributed by atoms with Crippen LogP contribution in [0.15, 0.2) is 97.1 Å². The minimum atomic E-state index is -0.262. The van der Waals surface area contributed by atoms with Crippen LogP contribution in [-0.4, -0.2) is 55.1 Å². The first-order chi connectivity index (χ1) is 24.4. The Morgan fingerprint density at radius 2 is 0.900 bits per heavy atom. The number of aromatic nitrogens is 4. The van der Waals surface area contributed by atoms with Crippen LogP contribution in [0.4, 0.5) is 31.8 Å². The Labute approximate surface area is 291 Å². The van der Waals surface area contributed by atoms with E-state index in [4.69, 9.17) is 9.97 Å². The topological polar surface area (TPSA) is 66.2 Å². The van der Waals surface area contributed by atoms with E-state index in [0.29, 0.717) is 0 Å². The predicted octanol–water partition coefficient (Wildman–Crippen LogP) is 8.13. The van der Waals surface area contributed by atoms with E-state index < -0.39 is 0 Å². The number of fused-ring (bicyclic) bond motifs is 2. The summed E-state index contributed by atoms with van der Waals surface area (Å²) in [6, 6.07) is 29.8. The van der Waals surface area contributed by atoms with Gasteiger partial charge in [0.1, 0.15) is 46.3 Å². The molecule has 10 heteroatoms. The maximum absolute atomic E-state index is 13.8. The Balaban J connectivity index is 0.988. The first kappa shape index (κ1) is 31.9. The molecule has 0 radical (unpaired) electrons. The van der Waals surface area contributed by atoms with Crippen molar-refractivity contribution >= 4 is 23.0 Å². The van der Waals surface area contributed by atoms with Gasteiger partial charge in [0.25, 0.3) is 0 Å². The van der Waals surface area contributed by atoms with Crippen molar-refractivity contribution in [1.82, 2.24) is 28.9 Å². The smallest absolute Gasteiger partial charge is 0.138 e. The van der Waals surface area contributed by atoms with Crippen LogP contribution in [0.3, 0.4) is 0 Å². The van der Waals surface area contributed by atoms with Gasteiger partial charge in [0, 0.05) is 61.8 Å². The van der Waals surface area contributed by atoms with Crippen LogP contribution in [0.2, 0.25) is 0 Å². The molecule has 0 amide bonds. The number of imidazole rings is 2. The number of hydrogen-bond donors (Lipinski definition) is 2. The van der Waals surface area contributed by atoms with Crippen LogP contribution < -0.4 is 10.6 Å². The first-order valence-corrected chi connectivity index (χ1v) is 17.2. The molecule has 8 nitrogen and oxygen atoms in total. The van der Waals surface area contributed by atoms with Gasteiger partial charge >= 0.3 is 0 Å². The molecular weight excluding hydrogens is 630 g/mol. The molecule has 0 bridgehead atoms. The summed E-state index contributed by atoms with van der Waals surface area (Å²) in [5.41, 5.74) is 7.81. The summed E-state index contributed by atoms with van der Waals surface area (Å²) in [5.74, 6) is 3.34. The average Bonchev–Trinajstić information content (AvgIpc) is 3.67. The quantitative estimate of drug-likeness (QED) is 0.162. The zero-order valence-corrected chi connectivity index (χ0v) is 28.3. The van der Waals surface area contributed by atoms with Gasteiger partial charge in [-0.2, -0.15) is 0 Å². The molecule has 0 unspecified atom stereocenters. The van der Waals surface area contributed by atoms with Crippen molar-refractivity contribution in [2.75, 3.05) is 36.8 Å². The van der Waals surface area contributed by atoms with Gasteiger partial charge in [0.15, 0.2) is 0 Å². The number of rotatable bonds is 9. The standard InChI is InChI=1S/C40H40F2N8/c1-27-3-15-33(16-4-27)43-39-37(29-7-11-31(41)12-8-29)45-35-25-47(21-23-49(35)39)19-20-48-22-24-50-36(26-48)46-38(30-9-13-32(42)14-10-30)40(50)44-34-17-5-28(2)6-18-34/h3-18,43-44H,19-26H2,1-2H3. The van der Waals surface area contributed by atoms with Crippen molar-refractivity contribution in [3.05, 3.63) is 131 Å². The van der Waals surface area contributed by atoms with Crippen LogP contribution in [0, 0.1) is 25.5 Å². The van der Waals surface area contributed by atoms with Crippen molar-refractivity contribution in [1.29, 1.82) is 0 Å². The molecule has 2 aliphatic rings. The van der Waals surface area contributed by atoms with Crippen molar-refractivity contribution in [3.63, 3.8) is 0 Å². The molecule has 8 rings (SSSR count).